The summed E-state index contributed by atoms with van der Waals surface area (Å²) in [6.45, 7) is 0.430. The Balaban J connectivity index is 1.36. The molecule has 200 valence electrons. The first-order chi connectivity index (χ1) is 19.5. The van der Waals surface area contributed by atoms with Crippen molar-refractivity contribution in [2.75, 3.05) is 13.7 Å². The van der Waals surface area contributed by atoms with Gasteiger partial charge in [-0.1, -0.05) is 42.5 Å². The van der Waals surface area contributed by atoms with E-state index < -0.39 is 11.7 Å². The van der Waals surface area contributed by atoms with Gasteiger partial charge in [-0.25, -0.2) is 4.39 Å². The fraction of sp³-hybridized carbons (Fsp3) is 0.152. The predicted molar refractivity (Wildman–Crippen MR) is 149 cm³/mol. The van der Waals surface area contributed by atoms with Crippen LogP contribution in [0.15, 0.2) is 100 Å². The molecule has 0 amide bonds. The van der Waals surface area contributed by atoms with Crippen molar-refractivity contribution in [2.45, 2.75) is 18.8 Å². The molecule has 6 rings (SSSR count). The van der Waals surface area contributed by atoms with Gasteiger partial charge < -0.3 is 18.6 Å². The molecular formula is C33H25FO6. The number of hydrogen-bond donors (Lipinski definition) is 0. The van der Waals surface area contributed by atoms with Crippen molar-refractivity contribution in [3.63, 3.8) is 0 Å². The number of fused-ring (bicyclic) bond motifs is 3. The molecule has 6 nitrogen and oxygen atoms in total. The molecule has 0 N–H and O–H groups in total. The number of halogens is 1. The van der Waals surface area contributed by atoms with E-state index in [-0.39, 0.29) is 17.8 Å². The fourth-order valence-electron chi connectivity index (χ4n) is 5.12. The molecular weight excluding hydrogens is 511 g/mol. The van der Waals surface area contributed by atoms with Gasteiger partial charge in [0.25, 0.3) is 0 Å². The van der Waals surface area contributed by atoms with Crippen LogP contribution in [0.3, 0.4) is 0 Å². The molecule has 1 aliphatic heterocycles. The lowest BCUT2D eigenvalue weighted by Gasteiger charge is -2.27. The number of carbonyl (C=O) groups is 1. The van der Waals surface area contributed by atoms with Crippen LogP contribution in [0, 0.1) is 5.82 Å². The van der Waals surface area contributed by atoms with Crippen molar-refractivity contribution >= 4 is 16.9 Å². The van der Waals surface area contributed by atoms with Gasteiger partial charge in [0.1, 0.15) is 34.9 Å². The monoisotopic (exact) mass is 536 g/mol. The summed E-state index contributed by atoms with van der Waals surface area (Å²) < 4.78 is 36.5. The first-order valence-electron chi connectivity index (χ1n) is 12.9. The summed E-state index contributed by atoms with van der Waals surface area (Å²) in [4.78, 5) is 26.1. The molecule has 0 spiro atoms. The molecule has 0 saturated carbocycles. The summed E-state index contributed by atoms with van der Waals surface area (Å²) in [6, 6.07) is 24.3. The van der Waals surface area contributed by atoms with Gasteiger partial charge in [0, 0.05) is 23.5 Å². The summed E-state index contributed by atoms with van der Waals surface area (Å²) in [5.74, 6) is 0.564. The third-order valence-electron chi connectivity index (χ3n) is 7.14. The maximum Gasteiger partial charge on any atom is 0.312 e. The van der Waals surface area contributed by atoms with E-state index in [0.29, 0.717) is 52.2 Å². The molecule has 4 aromatic carbocycles. The number of ether oxygens (including phenoxy) is 3. The minimum atomic E-state index is -0.447. The molecule has 1 aromatic heterocycles. The van der Waals surface area contributed by atoms with Gasteiger partial charge in [-0.2, -0.15) is 0 Å². The normalized spacial score (nSPS) is 14.4. The zero-order valence-corrected chi connectivity index (χ0v) is 21.7. The largest absolute Gasteiger partial charge is 0.497 e. The Labute approximate surface area is 229 Å². The van der Waals surface area contributed by atoms with Crippen molar-refractivity contribution in [1.82, 2.24) is 0 Å². The zero-order chi connectivity index (χ0) is 27.6. The number of carbonyl (C=O) groups excluding carboxylic acids is 1. The standard InChI is InChI=1S/C33H25FO6/c1-37-23-12-6-20(7-13-23)16-17-38-28-5-3-2-4-24(28)26-18-30(35)40-29-15-14-25-32(36)27(19-39-33(25)31(26)29)21-8-10-22(34)11-9-21/h2-15,19,26H,16-18H2,1H3/t26-/m0/s1. The van der Waals surface area contributed by atoms with E-state index in [4.69, 9.17) is 18.6 Å². The van der Waals surface area contributed by atoms with Crippen molar-refractivity contribution in [1.29, 1.82) is 0 Å². The average Bonchev–Trinajstić information content (AvgIpc) is 2.98. The lowest BCUT2D eigenvalue weighted by atomic mass is 9.84. The van der Waals surface area contributed by atoms with Gasteiger partial charge in [0.15, 0.2) is 0 Å². The molecule has 40 heavy (non-hydrogen) atoms. The first kappa shape index (κ1) is 25.4. The van der Waals surface area contributed by atoms with Crippen LogP contribution in [0.5, 0.6) is 17.2 Å². The highest BCUT2D eigenvalue weighted by Gasteiger charge is 2.33. The van der Waals surface area contributed by atoms with Gasteiger partial charge in [-0.15, -0.1) is 0 Å². The lowest BCUT2D eigenvalue weighted by molar-refractivity contribution is -0.135. The molecule has 1 aliphatic rings. The van der Waals surface area contributed by atoms with Gasteiger partial charge in [0.05, 0.1) is 31.1 Å². The SMILES string of the molecule is COc1ccc(CCOc2ccccc2[C@@H]2CC(=O)Oc3ccc4c(=O)c(-c5ccc(F)cc5)coc4c32)cc1. The Kier molecular flexibility index (Phi) is 6.78. The van der Waals surface area contributed by atoms with E-state index in [9.17, 15) is 14.0 Å². The summed E-state index contributed by atoms with van der Waals surface area (Å²) in [5, 5.41) is 0.349. The van der Waals surface area contributed by atoms with E-state index in [1.165, 1.54) is 30.5 Å². The van der Waals surface area contributed by atoms with E-state index in [0.717, 1.165) is 16.9 Å². The summed E-state index contributed by atoms with van der Waals surface area (Å²) >= 11 is 0. The molecule has 7 heteroatoms. The smallest absolute Gasteiger partial charge is 0.312 e. The highest BCUT2D eigenvalue weighted by Crippen LogP contribution is 2.45. The van der Waals surface area contributed by atoms with Crippen LogP contribution in [-0.2, 0) is 11.2 Å². The number of esters is 1. The Bertz CT molecular complexity index is 1760. The van der Waals surface area contributed by atoms with Crippen molar-refractivity contribution in [3.8, 4) is 28.4 Å². The van der Waals surface area contributed by atoms with Crippen LogP contribution in [0.25, 0.3) is 22.1 Å². The quantitative estimate of drug-likeness (QED) is 0.171. The maximum atomic E-state index is 13.5. The third-order valence-corrected chi connectivity index (χ3v) is 7.14. The van der Waals surface area contributed by atoms with Crippen LogP contribution >= 0.6 is 0 Å². The summed E-state index contributed by atoms with van der Waals surface area (Å²) in [5.41, 5.74) is 3.48. The van der Waals surface area contributed by atoms with E-state index >= 15 is 0 Å². The highest BCUT2D eigenvalue weighted by atomic mass is 19.1. The van der Waals surface area contributed by atoms with Crippen LogP contribution in [0.2, 0.25) is 0 Å². The van der Waals surface area contributed by atoms with E-state index in [1.54, 1.807) is 19.2 Å². The molecule has 0 aliphatic carbocycles. The number of para-hydroxylation sites is 1. The second-order valence-corrected chi connectivity index (χ2v) is 9.55. The predicted octanol–water partition coefficient (Wildman–Crippen LogP) is 6.67. The zero-order valence-electron chi connectivity index (χ0n) is 21.7. The Morgan fingerprint density at radius 3 is 2.48 bits per heavy atom. The summed E-state index contributed by atoms with van der Waals surface area (Å²) in [7, 11) is 1.63. The minimum Gasteiger partial charge on any atom is -0.497 e. The van der Waals surface area contributed by atoms with Gasteiger partial charge in [-0.3, -0.25) is 9.59 Å². The Hall–Kier alpha value is -4.91. The molecule has 0 radical (unpaired) electrons. The molecule has 2 heterocycles. The van der Waals surface area contributed by atoms with E-state index in [1.807, 2.05) is 48.5 Å². The second kappa shape index (κ2) is 10.7. The Morgan fingerprint density at radius 1 is 0.925 bits per heavy atom. The molecule has 0 unspecified atom stereocenters. The minimum absolute atomic E-state index is 0.0639. The number of benzene rings is 4. The number of rotatable bonds is 7. The summed E-state index contributed by atoms with van der Waals surface area (Å²) in [6.07, 6.45) is 2.13. The molecule has 0 fully saturated rings. The number of methoxy groups -OCH3 is 1. The van der Waals surface area contributed by atoms with Crippen LogP contribution in [0.1, 0.15) is 29.0 Å². The molecule has 0 saturated heterocycles. The average molecular weight is 537 g/mol. The van der Waals surface area contributed by atoms with Crippen LogP contribution < -0.4 is 19.6 Å². The molecule has 1 atom stereocenters. The maximum absolute atomic E-state index is 13.5. The molecule has 0 bridgehead atoms. The van der Waals surface area contributed by atoms with E-state index in [2.05, 4.69) is 0 Å². The van der Waals surface area contributed by atoms with Crippen molar-refractivity contribution < 1.29 is 27.8 Å². The topological polar surface area (TPSA) is 75.0 Å². The van der Waals surface area contributed by atoms with Crippen LogP contribution in [0.4, 0.5) is 4.39 Å². The van der Waals surface area contributed by atoms with Crippen molar-refractivity contribution in [2.24, 2.45) is 0 Å². The fourth-order valence-corrected chi connectivity index (χ4v) is 5.12. The first-order valence-corrected chi connectivity index (χ1v) is 12.9. The van der Waals surface area contributed by atoms with Crippen molar-refractivity contribution in [3.05, 3.63) is 124 Å². The number of hydrogen-bond acceptors (Lipinski definition) is 6. The van der Waals surface area contributed by atoms with Gasteiger partial charge >= 0.3 is 5.97 Å². The second-order valence-electron chi connectivity index (χ2n) is 9.55. The lowest BCUT2D eigenvalue weighted by Crippen LogP contribution is -2.22. The Morgan fingerprint density at radius 2 is 1.70 bits per heavy atom. The highest BCUT2D eigenvalue weighted by molar-refractivity contribution is 5.90. The molecule has 5 aromatic rings. The van der Waals surface area contributed by atoms with Crippen LogP contribution in [-0.4, -0.2) is 19.7 Å². The van der Waals surface area contributed by atoms with Gasteiger partial charge in [-0.05, 0) is 53.6 Å². The third kappa shape index (κ3) is 4.82. The van der Waals surface area contributed by atoms with Gasteiger partial charge in [0.2, 0.25) is 5.43 Å².